The van der Waals surface area contributed by atoms with E-state index < -0.39 is 21.7 Å². The van der Waals surface area contributed by atoms with Crippen molar-refractivity contribution < 1.29 is 18.0 Å². The van der Waals surface area contributed by atoms with Crippen molar-refractivity contribution >= 4 is 39.0 Å². The van der Waals surface area contributed by atoms with Gasteiger partial charge in [0.25, 0.3) is 5.91 Å². The number of anilines is 2. The zero-order valence-corrected chi connectivity index (χ0v) is 17.8. The van der Waals surface area contributed by atoms with Crippen LogP contribution < -0.4 is 21.7 Å². The number of sulfone groups is 1. The molecular weight excluding hydrogens is 420 g/mol. The number of nitrogens with zero attached hydrogens (tertiary/aromatic N) is 3. The number of carbonyl (C=O) groups excluding carboxylic acids is 2. The first kappa shape index (κ1) is 22.2. The molecule has 5 N–H and O–H groups in total. The minimum Gasteiger partial charge on any atom is -0.370 e. The maximum Gasteiger partial charge on any atom is 0.280 e. The zero-order valence-electron chi connectivity index (χ0n) is 17.0. The average molecular weight is 445 g/mol. The molecule has 10 nitrogen and oxygen atoms in total. The molecule has 1 fully saturated rings. The van der Waals surface area contributed by atoms with Crippen LogP contribution in [0.2, 0.25) is 0 Å². The second-order valence-electron chi connectivity index (χ2n) is 7.28. The molecule has 1 aromatic heterocycles. The predicted octanol–water partition coefficient (Wildman–Crippen LogP) is 0.754. The third kappa shape index (κ3) is 5.57. The minimum atomic E-state index is -3.63. The Hall–Kier alpha value is -3.47. The van der Waals surface area contributed by atoms with E-state index >= 15 is 0 Å². The molecule has 0 spiro atoms. The molecular formula is C20H24N6O4S. The first-order chi connectivity index (χ1) is 14.6. The van der Waals surface area contributed by atoms with Crippen LogP contribution in [-0.2, 0) is 14.6 Å². The summed E-state index contributed by atoms with van der Waals surface area (Å²) in [4.78, 5) is 33.9. The van der Waals surface area contributed by atoms with Gasteiger partial charge in [0.1, 0.15) is 0 Å². The van der Waals surface area contributed by atoms with E-state index in [2.05, 4.69) is 15.3 Å². The Morgan fingerprint density at radius 3 is 2.35 bits per heavy atom. The molecule has 0 atom stereocenters. The number of nitrogens with two attached hydrogens (primary N) is 2. The molecule has 2 amide bonds. The fourth-order valence-corrected chi connectivity index (χ4v) is 4.37. The summed E-state index contributed by atoms with van der Waals surface area (Å²) in [7, 11) is -3.63. The molecule has 11 heteroatoms. The molecule has 1 aliphatic heterocycles. The third-order valence-corrected chi connectivity index (χ3v) is 6.12. The molecule has 2 aromatic rings. The van der Waals surface area contributed by atoms with E-state index in [1.165, 1.54) is 12.1 Å². The minimum absolute atomic E-state index is 0.0174. The van der Waals surface area contributed by atoms with Crippen LogP contribution in [0.25, 0.3) is 0 Å². The number of nitrogens with one attached hydrogen (secondary N) is 1. The van der Waals surface area contributed by atoms with Crippen molar-refractivity contribution in [1.82, 2.24) is 4.98 Å². The second kappa shape index (κ2) is 9.13. The van der Waals surface area contributed by atoms with Crippen molar-refractivity contribution in [3.8, 4) is 0 Å². The number of aliphatic imine (C=N–C) groups is 1. The van der Waals surface area contributed by atoms with Gasteiger partial charge >= 0.3 is 0 Å². The maximum absolute atomic E-state index is 12.5. The highest BCUT2D eigenvalue weighted by atomic mass is 32.2. The van der Waals surface area contributed by atoms with Crippen LogP contribution in [0.3, 0.4) is 0 Å². The Bertz CT molecular complexity index is 1110. The van der Waals surface area contributed by atoms with Crippen LogP contribution in [-0.4, -0.2) is 50.5 Å². The van der Waals surface area contributed by atoms with Crippen LogP contribution in [0.15, 0.2) is 52.6 Å². The highest BCUT2D eigenvalue weighted by Crippen LogP contribution is 2.31. The smallest absolute Gasteiger partial charge is 0.280 e. The number of carbonyl (C=O) groups is 2. The Morgan fingerprint density at radius 1 is 1.13 bits per heavy atom. The van der Waals surface area contributed by atoms with Crippen molar-refractivity contribution in [3.63, 3.8) is 0 Å². The van der Waals surface area contributed by atoms with Gasteiger partial charge in [-0.25, -0.2) is 8.42 Å². The van der Waals surface area contributed by atoms with Crippen LogP contribution in [0.1, 0.15) is 23.2 Å². The lowest BCUT2D eigenvalue weighted by molar-refractivity contribution is -0.120. The molecule has 0 saturated carbocycles. The van der Waals surface area contributed by atoms with Gasteiger partial charge < -0.3 is 21.7 Å². The number of rotatable bonds is 5. The lowest BCUT2D eigenvalue weighted by atomic mass is 9.95. The van der Waals surface area contributed by atoms with E-state index in [0.29, 0.717) is 37.3 Å². The fourth-order valence-electron chi connectivity index (χ4n) is 3.45. The molecule has 164 valence electrons. The molecule has 31 heavy (non-hydrogen) atoms. The summed E-state index contributed by atoms with van der Waals surface area (Å²) < 4.78 is 24.8. The van der Waals surface area contributed by atoms with Crippen molar-refractivity contribution in [2.75, 3.05) is 29.6 Å². The van der Waals surface area contributed by atoms with E-state index in [9.17, 15) is 18.0 Å². The molecule has 0 unspecified atom stereocenters. The summed E-state index contributed by atoms with van der Waals surface area (Å²) in [5.74, 6) is -1.38. The summed E-state index contributed by atoms with van der Waals surface area (Å²) in [5.41, 5.74) is 11.7. The van der Waals surface area contributed by atoms with Crippen LogP contribution >= 0.6 is 0 Å². The summed E-state index contributed by atoms with van der Waals surface area (Å²) in [6.45, 7) is 0.996. The van der Waals surface area contributed by atoms with Gasteiger partial charge in [-0.3, -0.25) is 14.6 Å². The van der Waals surface area contributed by atoms with Crippen LogP contribution in [0.4, 0.5) is 11.4 Å². The number of pyridine rings is 1. The Balaban J connectivity index is 1.75. The standard InChI is InChI=1S/C20H24N6O4S/c1-31(29,30)17-12-14(19(28)25-20(21)22)2-3-16(17)26-10-6-13(7-11-26)18(27)24-15-4-8-23-9-5-15/h2-5,8-9,12-13H,6-7,10-11H2,1H3,(H,23,24,27)(H4,21,22,25,28). The second-order valence-corrected chi connectivity index (χ2v) is 9.27. The summed E-state index contributed by atoms with van der Waals surface area (Å²) >= 11 is 0. The van der Waals surface area contributed by atoms with Crippen molar-refractivity contribution in [2.24, 2.45) is 22.4 Å². The average Bonchev–Trinajstić information content (AvgIpc) is 2.73. The SMILES string of the molecule is CS(=O)(=O)c1cc(C(=O)N=C(N)N)ccc1N1CCC(C(=O)Nc2ccncc2)CC1. The zero-order chi connectivity index (χ0) is 22.6. The molecule has 1 saturated heterocycles. The summed E-state index contributed by atoms with van der Waals surface area (Å²) in [6.07, 6.45) is 5.41. The maximum atomic E-state index is 12.5. The first-order valence-corrected chi connectivity index (χ1v) is 11.5. The quantitative estimate of drug-likeness (QED) is 0.450. The molecule has 0 radical (unpaired) electrons. The molecule has 1 aliphatic rings. The number of hydrogen-bond donors (Lipinski definition) is 3. The molecule has 2 heterocycles. The Kier molecular flexibility index (Phi) is 6.54. The Morgan fingerprint density at radius 2 is 1.77 bits per heavy atom. The first-order valence-electron chi connectivity index (χ1n) is 9.59. The van der Waals surface area contributed by atoms with Crippen LogP contribution in [0, 0.1) is 5.92 Å². The molecule has 3 rings (SSSR count). The van der Waals surface area contributed by atoms with Gasteiger partial charge in [0.15, 0.2) is 15.8 Å². The highest BCUT2D eigenvalue weighted by Gasteiger charge is 2.28. The molecule has 1 aromatic carbocycles. The predicted molar refractivity (Wildman–Crippen MR) is 117 cm³/mol. The lowest BCUT2D eigenvalue weighted by Crippen LogP contribution is -2.38. The largest absolute Gasteiger partial charge is 0.370 e. The van der Waals surface area contributed by atoms with Crippen molar-refractivity contribution in [2.45, 2.75) is 17.7 Å². The molecule has 0 aliphatic carbocycles. The van der Waals surface area contributed by atoms with Crippen molar-refractivity contribution in [1.29, 1.82) is 0 Å². The third-order valence-electron chi connectivity index (χ3n) is 4.99. The summed E-state index contributed by atoms with van der Waals surface area (Å²) in [5, 5.41) is 2.87. The van der Waals surface area contributed by atoms with E-state index in [-0.39, 0.29) is 22.3 Å². The van der Waals surface area contributed by atoms with E-state index in [1.54, 1.807) is 30.6 Å². The van der Waals surface area contributed by atoms with Crippen molar-refractivity contribution in [3.05, 3.63) is 48.3 Å². The number of aromatic nitrogens is 1. The molecule has 0 bridgehead atoms. The number of hydrogen-bond acceptors (Lipinski definition) is 6. The van der Waals surface area contributed by atoms with Gasteiger partial charge in [0.05, 0.1) is 10.6 Å². The van der Waals surface area contributed by atoms with E-state index in [4.69, 9.17) is 11.5 Å². The van der Waals surface area contributed by atoms with Crippen LogP contribution in [0.5, 0.6) is 0 Å². The van der Waals surface area contributed by atoms with E-state index in [1.807, 2.05) is 4.90 Å². The van der Waals surface area contributed by atoms with Gasteiger partial charge in [-0.15, -0.1) is 0 Å². The van der Waals surface area contributed by atoms with Gasteiger partial charge in [0, 0.05) is 48.9 Å². The summed E-state index contributed by atoms with van der Waals surface area (Å²) in [6, 6.07) is 7.78. The lowest BCUT2D eigenvalue weighted by Gasteiger charge is -2.34. The van der Waals surface area contributed by atoms with E-state index in [0.717, 1.165) is 6.26 Å². The fraction of sp³-hybridized carbons (Fsp3) is 0.300. The number of piperidine rings is 1. The number of amides is 2. The number of guanidine groups is 1. The monoisotopic (exact) mass is 444 g/mol. The van der Waals surface area contributed by atoms with Gasteiger partial charge in [-0.2, -0.15) is 4.99 Å². The normalized spacial score (nSPS) is 14.7. The Labute approximate surface area is 180 Å². The highest BCUT2D eigenvalue weighted by molar-refractivity contribution is 7.90. The van der Waals surface area contributed by atoms with Gasteiger partial charge in [0.2, 0.25) is 5.91 Å². The van der Waals surface area contributed by atoms with Gasteiger partial charge in [-0.1, -0.05) is 0 Å². The topological polar surface area (TPSA) is 161 Å². The number of benzene rings is 1. The van der Waals surface area contributed by atoms with Gasteiger partial charge in [-0.05, 0) is 43.2 Å².